The van der Waals surface area contributed by atoms with Gasteiger partial charge in [0.15, 0.2) is 0 Å². The van der Waals surface area contributed by atoms with Crippen LogP contribution in [0.1, 0.15) is 31.7 Å². The van der Waals surface area contributed by atoms with E-state index in [0.29, 0.717) is 17.5 Å². The smallest absolute Gasteiger partial charge is 0.136 e. The highest BCUT2D eigenvalue weighted by Gasteiger charge is 2.25. The second kappa shape index (κ2) is 6.20. The van der Waals surface area contributed by atoms with Crippen molar-refractivity contribution in [1.82, 2.24) is 10.6 Å². The van der Waals surface area contributed by atoms with Crippen LogP contribution in [0.3, 0.4) is 0 Å². The lowest BCUT2D eigenvalue weighted by molar-refractivity contribution is 0.532. The van der Waals surface area contributed by atoms with Crippen LogP contribution in [0.5, 0.6) is 0 Å². The molecule has 2 aliphatic heterocycles. The monoisotopic (exact) mass is 289 g/mol. The van der Waals surface area contributed by atoms with Crippen LogP contribution in [0.25, 0.3) is 0 Å². The average Bonchev–Trinajstić information content (AvgIpc) is 3.11. The van der Waals surface area contributed by atoms with E-state index < -0.39 is 0 Å². The SMILES string of the molecule is CC(C)c1cccc(N2C=CSC2NC2CCNC2)c1. The highest BCUT2D eigenvalue weighted by Crippen LogP contribution is 2.31. The molecule has 2 heterocycles. The van der Waals surface area contributed by atoms with Crippen LogP contribution in [0.2, 0.25) is 0 Å². The number of thioether (sulfide) groups is 1. The zero-order valence-corrected chi connectivity index (χ0v) is 13.0. The largest absolute Gasteiger partial charge is 0.322 e. The van der Waals surface area contributed by atoms with E-state index in [9.17, 15) is 0 Å². The molecular weight excluding hydrogens is 266 g/mol. The van der Waals surface area contributed by atoms with Crippen LogP contribution >= 0.6 is 11.8 Å². The summed E-state index contributed by atoms with van der Waals surface area (Å²) < 4.78 is 0. The number of rotatable bonds is 4. The Labute approximate surface area is 125 Å². The molecule has 3 nitrogen and oxygen atoms in total. The van der Waals surface area contributed by atoms with Gasteiger partial charge in [0.2, 0.25) is 0 Å². The minimum Gasteiger partial charge on any atom is -0.322 e. The summed E-state index contributed by atoms with van der Waals surface area (Å²) in [5, 5.41) is 9.34. The van der Waals surface area contributed by atoms with Gasteiger partial charge in [-0.15, -0.1) is 0 Å². The fourth-order valence-electron chi connectivity index (χ4n) is 2.70. The quantitative estimate of drug-likeness (QED) is 0.891. The zero-order chi connectivity index (χ0) is 13.9. The number of nitrogens with zero attached hydrogens (tertiary/aromatic N) is 1. The van der Waals surface area contributed by atoms with E-state index in [4.69, 9.17) is 0 Å². The maximum atomic E-state index is 3.74. The summed E-state index contributed by atoms with van der Waals surface area (Å²) in [6.45, 7) is 6.70. The van der Waals surface area contributed by atoms with Crippen LogP contribution in [0.4, 0.5) is 5.69 Å². The Hall–Kier alpha value is -0.970. The molecule has 20 heavy (non-hydrogen) atoms. The van der Waals surface area contributed by atoms with Gasteiger partial charge in [-0.05, 0) is 42.0 Å². The summed E-state index contributed by atoms with van der Waals surface area (Å²) in [4.78, 5) is 2.34. The lowest BCUT2D eigenvalue weighted by Crippen LogP contribution is -2.44. The number of anilines is 1. The second-order valence-corrected chi connectivity index (χ2v) is 6.78. The molecule has 1 aromatic carbocycles. The molecule has 1 aromatic rings. The molecule has 0 bridgehead atoms. The first kappa shape index (κ1) is 14.0. The van der Waals surface area contributed by atoms with Gasteiger partial charge in [0.25, 0.3) is 0 Å². The third kappa shape index (κ3) is 3.03. The first-order valence-electron chi connectivity index (χ1n) is 7.41. The van der Waals surface area contributed by atoms with Gasteiger partial charge >= 0.3 is 0 Å². The standard InChI is InChI=1S/C16H23N3S/c1-12(2)13-4-3-5-15(10-13)19-8-9-20-16(19)18-14-6-7-17-11-14/h3-5,8-10,12,14,16-18H,6-7,11H2,1-2H3. The van der Waals surface area contributed by atoms with Crippen molar-refractivity contribution in [1.29, 1.82) is 0 Å². The van der Waals surface area contributed by atoms with Crippen LogP contribution < -0.4 is 15.5 Å². The van der Waals surface area contributed by atoms with E-state index in [2.05, 4.69) is 65.3 Å². The minimum absolute atomic E-state index is 0.322. The van der Waals surface area contributed by atoms with Gasteiger partial charge in [0.05, 0.1) is 0 Å². The van der Waals surface area contributed by atoms with Crippen LogP contribution in [-0.2, 0) is 0 Å². The summed E-state index contributed by atoms with van der Waals surface area (Å²) in [5.41, 5.74) is 3.00. The highest BCUT2D eigenvalue weighted by molar-refractivity contribution is 8.03. The molecule has 0 aliphatic carbocycles. The van der Waals surface area contributed by atoms with Crippen molar-refractivity contribution in [3.8, 4) is 0 Å². The fraction of sp³-hybridized carbons (Fsp3) is 0.500. The third-order valence-electron chi connectivity index (χ3n) is 3.96. The Balaban J connectivity index is 1.73. The van der Waals surface area contributed by atoms with E-state index in [0.717, 1.165) is 13.1 Å². The molecule has 1 saturated heterocycles. The Bertz CT molecular complexity index is 480. The molecule has 2 atom stereocenters. The molecule has 0 amide bonds. The molecule has 2 unspecified atom stereocenters. The van der Waals surface area contributed by atoms with Crippen molar-refractivity contribution in [3.63, 3.8) is 0 Å². The van der Waals surface area contributed by atoms with Gasteiger partial charge in [-0.25, -0.2) is 0 Å². The first-order valence-corrected chi connectivity index (χ1v) is 8.35. The maximum absolute atomic E-state index is 3.74. The van der Waals surface area contributed by atoms with Gasteiger partial charge in [-0.1, -0.05) is 37.7 Å². The van der Waals surface area contributed by atoms with E-state index in [1.807, 2.05) is 11.8 Å². The van der Waals surface area contributed by atoms with E-state index >= 15 is 0 Å². The Morgan fingerprint density at radius 3 is 3.05 bits per heavy atom. The molecule has 108 valence electrons. The highest BCUT2D eigenvalue weighted by atomic mass is 32.2. The molecule has 2 N–H and O–H groups in total. The molecule has 0 aromatic heterocycles. The summed E-state index contributed by atoms with van der Waals surface area (Å²) in [7, 11) is 0. The van der Waals surface area contributed by atoms with Crippen molar-refractivity contribution >= 4 is 17.4 Å². The average molecular weight is 289 g/mol. The van der Waals surface area contributed by atoms with Gasteiger partial charge in [-0.3, -0.25) is 5.32 Å². The van der Waals surface area contributed by atoms with Gasteiger partial charge in [0, 0.05) is 24.5 Å². The Kier molecular flexibility index (Phi) is 4.34. The lowest BCUT2D eigenvalue weighted by Gasteiger charge is -2.28. The zero-order valence-electron chi connectivity index (χ0n) is 12.2. The van der Waals surface area contributed by atoms with Crippen LogP contribution in [-0.4, -0.2) is 24.6 Å². The molecule has 1 fully saturated rings. The summed E-state index contributed by atoms with van der Waals surface area (Å²) in [5.74, 6) is 0.569. The second-order valence-electron chi connectivity index (χ2n) is 5.79. The maximum Gasteiger partial charge on any atom is 0.136 e. The number of nitrogens with one attached hydrogen (secondary N) is 2. The molecule has 4 heteroatoms. The number of hydrogen-bond donors (Lipinski definition) is 2. The Morgan fingerprint density at radius 1 is 1.40 bits per heavy atom. The minimum atomic E-state index is 0.322. The summed E-state index contributed by atoms with van der Waals surface area (Å²) in [6.07, 6.45) is 3.40. The normalized spacial score (nSPS) is 25.9. The van der Waals surface area contributed by atoms with Crippen molar-refractivity contribution in [2.75, 3.05) is 18.0 Å². The van der Waals surface area contributed by atoms with Gasteiger partial charge in [-0.2, -0.15) is 0 Å². The van der Waals surface area contributed by atoms with Crippen molar-refractivity contribution in [2.24, 2.45) is 0 Å². The molecule has 0 spiro atoms. The molecule has 0 radical (unpaired) electrons. The van der Waals surface area contributed by atoms with Crippen molar-refractivity contribution < 1.29 is 0 Å². The van der Waals surface area contributed by atoms with Crippen molar-refractivity contribution in [3.05, 3.63) is 41.4 Å². The van der Waals surface area contributed by atoms with Crippen LogP contribution in [0, 0.1) is 0 Å². The molecule has 2 aliphatic rings. The topological polar surface area (TPSA) is 27.3 Å². The van der Waals surface area contributed by atoms with Crippen molar-refractivity contribution in [2.45, 2.75) is 37.7 Å². The van der Waals surface area contributed by atoms with E-state index in [1.54, 1.807) is 0 Å². The lowest BCUT2D eigenvalue weighted by atomic mass is 10.0. The predicted octanol–water partition coefficient (Wildman–Crippen LogP) is 3.07. The third-order valence-corrected chi connectivity index (χ3v) is 4.86. The molecule has 3 rings (SSSR count). The van der Waals surface area contributed by atoms with E-state index in [-0.39, 0.29) is 0 Å². The first-order chi connectivity index (χ1) is 9.74. The van der Waals surface area contributed by atoms with Gasteiger partial charge in [0.1, 0.15) is 5.50 Å². The number of hydrogen-bond acceptors (Lipinski definition) is 4. The predicted molar refractivity (Wildman–Crippen MR) is 87.9 cm³/mol. The number of benzene rings is 1. The van der Waals surface area contributed by atoms with E-state index in [1.165, 1.54) is 17.7 Å². The summed E-state index contributed by atoms with van der Waals surface area (Å²) >= 11 is 1.85. The van der Waals surface area contributed by atoms with Gasteiger partial charge < -0.3 is 10.2 Å². The Morgan fingerprint density at radius 2 is 2.30 bits per heavy atom. The van der Waals surface area contributed by atoms with Crippen LogP contribution in [0.15, 0.2) is 35.9 Å². The molecular formula is C16H23N3S. The molecule has 0 saturated carbocycles. The summed E-state index contributed by atoms with van der Waals surface area (Å²) in [6, 6.07) is 9.47. The fourth-order valence-corrected chi connectivity index (χ4v) is 3.65.